The van der Waals surface area contributed by atoms with E-state index in [-0.39, 0.29) is 11.5 Å². The number of rotatable bonds is 3. The lowest BCUT2D eigenvalue weighted by molar-refractivity contribution is 0.313. The summed E-state index contributed by atoms with van der Waals surface area (Å²) < 4.78 is 1.84. The number of nitrogens with zero attached hydrogens (tertiary/aromatic N) is 2. The topological polar surface area (TPSA) is 29.9 Å². The molecule has 0 aliphatic carbocycles. The molecule has 0 spiro atoms. The van der Waals surface area contributed by atoms with E-state index in [1.165, 1.54) is 0 Å². The van der Waals surface area contributed by atoms with Gasteiger partial charge in [-0.05, 0) is 18.9 Å². The van der Waals surface area contributed by atoms with Gasteiger partial charge in [-0.3, -0.25) is 4.68 Å². The summed E-state index contributed by atoms with van der Waals surface area (Å²) in [4.78, 5) is 0. The van der Waals surface area contributed by atoms with E-state index in [0.29, 0.717) is 0 Å². The van der Waals surface area contributed by atoms with Gasteiger partial charge in [0.2, 0.25) is 0 Å². The zero-order valence-corrected chi connectivity index (χ0v) is 10.9. The first-order valence-electron chi connectivity index (χ1n) is 5.20. The summed E-state index contributed by atoms with van der Waals surface area (Å²) in [6.45, 7) is 6.67. The fourth-order valence-corrected chi connectivity index (χ4v) is 2.06. The van der Waals surface area contributed by atoms with Crippen LogP contribution < -0.4 is 5.32 Å². The van der Waals surface area contributed by atoms with Crippen LogP contribution in [0.3, 0.4) is 0 Å². The molecule has 15 heavy (non-hydrogen) atoms. The van der Waals surface area contributed by atoms with Crippen molar-refractivity contribution in [1.29, 1.82) is 0 Å². The van der Waals surface area contributed by atoms with Gasteiger partial charge in [0.05, 0.1) is 23.0 Å². The van der Waals surface area contributed by atoms with Crippen molar-refractivity contribution in [3.05, 3.63) is 16.9 Å². The minimum absolute atomic E-state index is 0.255. The molecular formula is C11H20ClN3. The molecular weight excluding hydrogens is 210 g/mol. The van der Waals surface area contributed by atoms with Crippen LogP contribution in [0.2, 0.25) is 5.02 Å². The first-order valence-corrected chi connectivity index (χ1v) is 5.57. The van der Waals surface area contributed by atoms with Gasteiger partial charge in [-0.25, -0.2) is 0 Å². The maximum atomic E-state index is 6.12. The largest absolute Gasteiger partial charge is 0.312 e. The van der Waals surface area contributed by atoms with Crippen molar-refractivity contribution in [2.24, 2.45) is 12.5 Å². The van der Waals surface area contributed by atoms with E-state index in [1.807, 2.05) is 18.8 Å². The summed E-state index contributed by atoms with van der Waals surface area (Å²) in [6, 6.07) is 0.255. The van der Waals surface area contributed by atoms with Crippen LogP contribution in [0.25, 0.3) is 0 Å². The third-order valence-corrected chi connectivity index (χ3v) is 2.72. The molecule has 0 saturated heterocycles. The van der Waals surface area contributed by atoms with Crippen molar-refractivity contribution in [3.63, 3.8) is 0 Å². The molecule has 0 bridgehead atoms. The number of nitrogens with one attached hydrogen (secondary N) is 1. The summed E-state index contributed by atoms with van der Waals surface area (Å²) in [5.74, 6) is 0. The Hall–Kier alpha value is -0.540. The van der Waals surface area contributed by atoms with Crippen LogP contribution in [-0.2, 0) is 7.05 Å². The van der Waals surface area contributed by atoms with Gasteiger partial charge in [0.15, 0.2) is 0 Å². The van der Waals surface area contributed by atoms with E-state index in [1.54, 1.807) is 6.20 Å². The Labute approximate surface area is 96.8 Å². The second-order valence-electron chi connectivity index (χ2n) is 5.11. The van der Waals surface area contributed by atoms with Crippen LogP contribution in [0, 0.1) is 5.41 Å². The molecule has 0 fully saturated rings. The molecule has 1 heterocycles. The van der Waals surface area contributed by atoms with E-state index in [4.69, 9.17) is 11.6 Å². The first kappa shape index (κ1) is 12.5. The predicted molar refractivity (Wildman–Crippen MR) is 64.1 cm³/mol. The molecule has 0 radical (unpaired) electrons. The highest BCUT2D eigenvalue weighted by molar-refractivity contribution is 6.31. The molecule has 0 aromatic carbocycles. The molecule has 1 unspecified atom stereocenters. The molecule has 0 aliphatic heterocycles. The molecule has 4 heteroatoms. The van der Waals surface area contributed by atoms with Gasteiger partial charge in [0.1, 0.15) is 0 Å². The van der Waals surface area contributed by atoms with Crippen molar-refractivity contribution in [3.8, 4) is 0 Å². The monoisotopic (exact) mass is 229 g/mol. The van der Waals surface area contributed by atoms with Gasteiger partial charge in [0, 0.05) is 7.05 Å². The fraction of sp³-hybridized carbons (Fsp3) is 0.727. The van der Waals surface area contributed by atoms with Gasteiger partial charge < -0.3 is 5.32 Å². The van der Waals surface area contributed by atoms with E-state index in [0.717, 1.165) is 17.1 Å². The van der Waals surface area contributed by atoms with Crippen LogP contribution in [0.15, 0.2) is 6.20 Å². The molecule has 3 nitrogen and oxygen atoms in total. The second kappa shape index (κ2) is 4.54. The molecule has 1 rings (SSSR count). The summed E-state index contributed by atoms with van der Waals surface area (Å²) in [7, 11) is 3.88. The van der Waals surface area contributed by atoms with Gasteiger partial charge in [-0.1, -0.05) is 32.4 Å². The van der Waals surface area contributed by atoms with E-state index in [9.17, 15) is 0 Å². The highest BCUT2D eigenvalue weighted by atomic mass is 35.5. The first-order chi connectivity index (χ1) is 6.85. The Kier molecular flexibility index (Phi) is 3.79. The van der Waals surface area contributed by atoms with Crippen LogP contribution in [0.5, 0.6) is 0 Å². The SMILES string of the molecule is CNC(CC(C)(C)C)c1c(Cl)cnn1C. The normalized spacial score (nSPS) is 14.3. The van der Waals surface area contributed by atoms with E-state index >= 15 is 0 Å². The average Bonchev–Trinajstić information content (AvgIpc) is 2.41. The Bertz CT molecular complexity index is 306. The van der Waals surface area contributed by atoms with Crippen LogP contribution in [0.1, 0.15) is 38.9 Å². The third-order valence-electron chi connectivity index (χ3n) is 2.43. The molecule has 86 valence electrons. The molecule has 0 aliphatic rings. The lowest BCUT2D eigenvalue weighted by Gasteiger charge is -2.26. The smallest absolute Gasteiger partial charge is 0.0834 e. The summed E-state index contributed by atoms with van der Waals surface area (Å²) in [6.07, 6.45) is 2.73. The van der Waals surface area contributed by atoms with Crippen molar-refractivity contribution >= 4 is 11.6 Å². The minimum atomic E-state index is 0.255. The molecule has 0 saturated carbocycles. The van der Waals surface area contributed by atoms with Crippen LogP contribution in [-0.4, -0.2) is 16.8 Å². The maximum Gasteiger partial charge on any atom is 0.0834 e. The minimum Gasteiger partial charge on any atom is -0.312 e. The molecule has 1 aromatic rings. The Balaban J connectivity index is 2.93. The van der Waals surface area contributed by atoms with Gasteiger partial charge in [0.25, 0.3) is 0 Å². The Morgan fingerprint density at radius 2 is 2.13 bits per heavy atom. The molecule has 1 N–H and O–H groups in total. The van der Waals surface area contributed by atoms with E-state index in [2.05, 4.69) is 31.2 Å². The molecule has 1 atom stereocenters. The number of halogens is 1. The molecule has 0 amide bonds. The zero-order chi connectivity index (χ0) is 11.6. The Morgan fingerprint density at radius 3 is 2.47 bits per heavy atom. The summed E-state index contributed by atoms with van der Waals surface area (Å²) in [5.41, 5.74) is 1.33. The highest BCUT2D eigenvalue weighted by Crippen LogP contribution is 2.32. The lowest BCUT2D eigenvalue weighted by atomic mass is 9.87. The van der Waals surface area contributed by atoms with Crippen LogP contribution in [0.4, 0.5) is 0 Å². The number of aromatic nitrogens is 2. The standard InChI is InChI=1S/C11H20ClN3/c1-11(2,3)6-9(13-4)10-8(12)7-14-15(10)5/h7,9,13H,6H2,1-5H3. The van der Waals surface area contributed by atoms with Crippen molar-refractivity contribution in [2.75, 3.05) is 7.05 Å². The highest BCUT2D eigenvalue weighted by Gasteiger charge is 2.23. The fourth-order valence-electron chi connectivity index (χ4n) is 1.76. The second-order valence-corrected chi connectivity index (χ2v) is 5.51. The lowest BCUT2D eigenvalue weighted by Crippen LogP contribution is -2.24. The number of aryl methyl sites for hydroxylation is 1. The summed E-state index contributed by atoms with van der Waals surface area (Å²) >= 11 is 6.12. The predicted octanol–water partition coefficient (Wildman–Crippen LogP) is 2.77. The van der Waals surface area contributed by atoms with Gasteiger partial charge in [-0.15, -0.1) is 0 Å². The third kappa shape index (κ3) is 3.21. The number of hydrogen-bond donors (Lipinski definition) is 1. The quantitative estimate of drug-likeness (QED) is 0.864. The zero-order valence-electron chi connectivity index (χ0n) is 10.1. The summed E-state index contributed by atoms with van der Waals surface area (Å²) in [5, 5.41) is 8.19. The van der Waals surface area contributed by atoms with Crippen molar-refractivity contribution in [2.45, 2.75) is 33.2 Å². The maximum absolute atomic E-state index is 6.12. The van der Waals surface area contributed by atoms with E-state index < -0.39 is 0 Å². The Morgan fingerprint density at radius 1 is 1.53 bits per heavy atom. The molecule has 1 aromatic heterocycles. The van der Waals surface area contributed by atoms with Gasteiger partial charge in [-0.2, -0.15) is 5.10 Å². The average molecular weight is 230 g/mol. The van der Waals surface area contributed by atoms with Crippen molar-refractivity contribution < 1.29 is 0 Å². The number of hydrogen-bond acceptors (Lipinski definition) is 2. The van der Waals surface area contributed by atoms with Crippen molar-refractivity contribution in [1.82, 2.24) is 15.1 Å². The van der Waals surface area contributed by atoms with Crippen LogP contribution >= 0.6 is 11.6 Å². The van der Waals surface area contributed by atoms with Gasteiger partial charge >= 0.3 is 0 Å².